The summed E-state index contributed by atoms with van der Waals surface area (Å²) in [5.74, 6) is 0. The lowest BCUT2D eigenvalue weighted by molar-refractivity contribution is 0.356. The van der Waals surface area contributed by atoms with Crippen LogP contribution in [0.2, 0.25) is 0 Å². The monoisotopic (exact) mass is 372 g/mol. The highest BCUT2D eigenvalue weighted by Gasteiger charge is 2.28. The van der Waals surface area contributed by atoms with Gasteiger partial charge in [0.25, 0.3) is 0 Å². The number of nitriles is 1. The molecule has 2 aromatic rings. The highest BCUT2D eigenvalue weighted by molar-refractivity contribution is 5.72. The Morgan fingerprint density at radius 2 is 1.82 bits per heavy atom. The zero-order valence-electron chi connectivity index (χ0n) is 16.7. The van der Waals surface area contributed by atoms with Crippen LogP contribution < -0.4 is 10.6 Å². The van der Waals surface area contributed by atoms with Gasteiger partial charge in [0, 0.05) is 12.7 Å². The molecule has 0 saturated heterocycles. The number of para-hydroxylation sites is 2. The van der Waals surface area contributed by atoms with E-state index >= 15 is 0 Å². The van der Waals surface area contributed by atoms with Gasteiger partial charge >= 0.3 is 0 Å². The third-order valence-corrected chi connectivity index (χ3v) is 5.02. The van der Waals surface area contributed by atoms with Gasteiger partial charge in [-0.05, 0) is 49.4 Å². The molecule has 0 spiro atoms. The van der Waals surface area contributed by atoms with Crippen molar-refractivity contribution in [3.8, 4) is 6.07 Å². The van der Waals surface area contributed by atoms with E-state index in [0.29, 0.717) is 5.69 Å². The van der Waals surface area contributed by atoms with Gasteiger partial charge in [0.2, 0.25) is 0 Å². The topological polar surface area (TPSA) is 56.3 Å². The van der Waals surface area contributed by atoms with Gasteiger partial charge in [-0.25, -0.2) is 0 Å². The minimum absolute atomic E-state index is 0.180. The van der Waals surface area contributed by atoms with E-state index in [2.05, 4.69) is 48.2 Å². The maximum absolute atomic E-state index is 9.93. The Balaban J connectivity index is 2.02. The summed E-state index contributed by atoms with van der Waals surface area (Å²) in [6, 6.07) is 20.2. The van der Waals surface area contributed by atoms with Crippen LogP contribution in [0, 0.1) is 11.3 Å². The molecule has 1 aliphatic heterocycles. The average molecular weight is 373 g/mol. The molecule has 1 heterocycles. The van der Waals surface area contributed by atoms with Crippen molar-refractivity contribution in [2.45, 2.75) is 25.8 Å². The van der Waals surface area contributed by atoms with Crippen molar-refractivity contribution in [2.75, 3.05) is 30.8 Å². The van der Waals surface area contributed by atoms with Gasteiger partial charge in [-0.2, -0.15) is 5.26 Å². The molecule has 28 heavy (non-hydrogen) atoms. The van der Waals surface area contributed by atoms with Crippen molar-refractivity contribution < 1.29 is 0 Å². The van der Waals surface area contributed by atoms with Crippen molar-refractivity contribution in [1.82, 2.24) is 4.90 Å². The Hall–Kier alpha value is -3.03. The second-order valence-corrected chi connectivity index (χ2v) is 7.29. The molecule has 3 rings (SSSR count). The summed E-state index contributed by atoms with van der Waals surface area (Å²) in [5, 5.41) is 9.93. The minimum atomic E-state index is -0.180. The van der Waals surface area contributed by atoms with Gasteiger partial charge in [0.1, 0.15) is 0 Å². The molecule has 2 N–H and O–H groups in total. The van der Waals surface area contributed by atoms with Crippen molar-refractivity contribution in [3.05, 3.63) is 83.6 Å². The zero-order valence-corrected chi connectivity index (χ0v) is 16.7. The van der Waals surface area contributed by atoms with Gasteiger partial charge in [-0.15, -0.1) is 0 Å². The summed E-state index contributed by atoms with van der Waals surface area (Å²) in [4.78, 5) is 4.45. The average Bonchev–Trinajstić information content (AvgIpc) is 2.72. The fraction of sp³-hybridized carbons (Fsp3) is 0.292. The third kappa shape index (κ3) is 4.44. The smallest absolute Gasteiger partial charge is 0.0973 e. The molecular weight excluding hydrogens is 344 g/mol. The molecule has 0 aliphatic carbocycles. The number of nitrogen functional groups attached to an aromatic ring is 1. The molecule has 1 atom stereocenters. The summed E-state index contributed by atoms with van der Waals surface area (Å²) in [7, 11) is 2.13. The lowest BCUT2D eigenvalue weighted by Crippen LogP contribution is -2.31. The number of unbranched alkanes of at least 4 members (excludes halogenated alkanes) is 1. The Labute approximate surface area is 168 Å². The van der Waals surface area contributed by atoms with Crippen molar-refractivity contribution >= 4 is 11.4 Å². The molecule has 1 aliphatic rings. The number of benzene rings is 2. The molecule has 0 fully saturated rings. The van der Waals surface area contributed by atoms with Gasteiger partial charge in [0.15, 0.2) is 0 Å². The minimum Gasteiger partial charge on any atom is -0.397 e. The van der Waals surface area contributed by atoms with E-state index in [1.54, 1.807) is 0 Å². The molecule has 0 saturated carbocycles. The number of anilines is 2. The van der Waals surface area contributed by atoms with Gasteiger partial charge in [0.05, 0.1) is 29.1 Å². The van der Waals surface area contributed by atoms with E-state index < -0.39 is 0 Å². The zero-order chi connectivity index (χ0) is 19.9. The summed E-state index contributed by atoms with van der Waals surface area (Å²) in [6.45, 7) is 4.04. The van der Waals surface area contributed by atoms with Gasteiger partial charge < -0.3 is 15.5 Å². The molecule has 4 nitrogen and oxygen atoms in total. The number of nitrogens with two attached hydrogens (primary N) is 1. The molecular formula is C24H28N4. The first kappa shape index (κ1) is 19.7. The first-order valence-corrected chi connectivity index (χ1v) is 9.82. The Bertz CT molecular complexity index is 892. The van der Waals surface area contributed by atoms with Crippen LogP contribution in [0.3, 0.4) is 0 Å². The molecule has 4 heteroatoms. The van der Waals surface area contributed by atoms with E-state index in [-0.39, 0.29) is 6.04 Å². The van der Waals surface area contributed by atoms with Crippen LogP contribution in [0.25, 0.3) is 0 Å². The molecule has 0 radical (unpaired) electrons. The fourth-order valence-electron chi connectivity index (χ4n) is 3.62. The lowest BCUT2D eigenvalue weighted by atomic mass is 9.92. The van der Waals surface area contributed by atoms with Gasteiger partial charge in [-0.3, -0.25) is 0 Å². The highest BCUT2D eigenvalue weighted by atomic mass is 15.2. The predicted octanol–water partition coefficient (Wildman–Crippen LogP) is 4.90. The largest absolute Gasteiger partial charge is 0.397 e. The molecule has 144 valence electrons. The highest BCUT2D eigenvalue weighted by Crippen LogP contribution is 2.39. The van der Waals surface area contributed by atoms with E-state index in [4.69, 9.17) is 5.73 Å². The number of rotatable bonds is 7. The first-order chi connectivity index (χ1) is 13.6. The van der Waals surface area contributed by atoms with Crippen molar-refractivity contribution in [2.24, 2.45) is 0 Å². The van der Waals surface area contributed by atoms with Gasteiger partial charge in [-0.1, -0.05) is 55.8 Å². The number of nitrogens with zero attached hydrogens (tertiary/aromatic N) is 3. The van der Waals surface area contributed by atoms with E-state index in [1.807, 2.05) is 48.5 Å². The Morgan fingerprint density at radius 1 is 1.11 bits per heavy atom. The van der Waals surface area contributed by atoms with Crippen LogP contribution >= 0.6 is 0 Å². The van der Waals surface area contributed by atoms with E-state index in [9.17, 15) is 5.26 Å². The summed E-state index contributed by atoms with van der Waals surface area (Å²) < 4.78 is 0. The summed E-state index contributed by atoms with van der Waals surface area (Å²) in [6.07, 6.45) is 6.52. The maximum atomic E-state index is 9.93. The van der Waals surface area contributed by atoms with E-state index in [0.717, 1.165) is 35.5 Å². The van der Waals surface area contributed by atoms with Crippen LogP contribution in [0.15, 0.2) is 78.0 Å². The fourth-order valence-corrected chi connectivity index (χ4v) is 3.62. The number of hydrogen-bond donors (Lipinski definition) is 1. The molecule has 0 aromatic heterocycles. The van der Waals surface area contributed by atoms with Crippen LogP contribution in [0.5, 0.6) is 0 Å². The number of hydrogen-bond acceptors (Lipinski definition) is 4. The van der Waals surface area contributed by atoms with Crippen LogP contribution in [0.4, 0.5) is 11.4 Å². The van der Waals surface area contributed by atoms with Crippen LogP contribution in [-0.4, -0.2) is 25.0 Å². The molecule has 2 aromatic carbocycles. The normalized spacial score (nSPS) is 16.5. The Morgan fingerprint density at radius 3 is 2.50 bits per heavy atom. The first-order valence-electron chi connectivity index (χ1n) is 9.82. The maximum Gasteiger partial charge on any atom is 0.0973 e. The second kappa shape index (κ2) is 9.25. The molecule has 1 unspecified atom stereocenters. The van der Waals surface area contributed by atoms with E-state index in [1.165, 1.54) is 12.8 Å². The quantitative estimate of drug-likeness (QED) is 0.703. The van der Waals surface area contributed by atoms with Crippen LogP contribution in [0.1, 0.15) is 31.4 Å². The second-order valence-electron chi connectivity index (χ2n) is 7.29. The lowest BCUT2D eigenvalue weighted by Gasteiger charge is -2.35. The predicted molar refractivity (Wildman–Crippen MR) is 117 cm³/mol. The third-order valence-electron chi connectivity index (χ3n) is 5.02. The molecule has 0 amide bonds. The number of likely N-dealkylation sites (N-methyl/N-ethyl adjacent to an activating group) is 1. The summed E-state index contributed by atoms with van der Waals surface area (Å²) in [5.41, 5.74) is 10.9. The molecule has 0 bridgehead atoms. The standard InChI is InChI=1S/C24H28N4/c1-3-4-14-27(2)17-19-15-21(16-25)24(20-10-6-5-7-11-20)28(18-19)23-13-9-8-12-22(23)26/h5-13,15,18,24H,3-4,14,17,26H2,1-2H3. The SMILES string of the molecule is CCCCN(C)CC1=CN(c2ccccc2N)C(c2ccccc2)C(C#N)=C1. The van der Waals surface area contributed by atoms with Crippen molar-refractivity contribution in [1.29, 1.82) is 5.26 Å². The Kier molecular flexibility index (Phi) is 6.52. The van der Waals surface area contributed by atoms with Crippen LogP contribution in [-0.2, 0) is 0 Å². The van der Waals surface area contributed by atoms with Crippen molar-refractivity contribution in [3.63, 3.8) is 0 Å². The summed E-state index contributed by atoms with van der Waals surface area (Å²) >= 11 is 0.